The van der Waals surface area contributed by atoms with Crippen molar-refractivity contribution in [2.45, 2.75) is 13.8 Å². The molecule has 1 amide bonds. The highest BCUT2D eigenvalue weighted by Gasteiger charge is 2.32. The zero-order valence-electron chi connectivity index (χ0n) is 15.7. The monoisotopic (exact) mass is 392 g/mol. The van der Waals surface area contributed by atoms with E-state index in [1.807, 2.05) is 44.2 Å². The van der Waals surface area contributed by atoms with Crippen molar-refractivity contribution < 1.29 is 14.3 Å². The molecule has 0 aliphatic carbocycles. The first-order valence-corrected chi connectivity index (χ1v) is 9.21. The van der Waals surface area contributed by atoms with Gasteiger partial charge in [-0.1, -0.05) is 30.2 Å². The van der Waals surface area contributed by atoms with Crippen LogP contribution in [0.4, 0.5) is 5.69 Å². The van der Waals surface area contributed by atoms with E-state index in [0.29, 0.717) is 28.9 Å². The van der Waals surface area contributed by atoms with Crippen LogP contribution >= 0.6 is 12.2 Å². The minimum atomic E-state index is -0.204. The van der Waals surface area contributed by atoms with Crippen LogP contribution in [0.3, 0.4) is 0 Å². The average molecular weight is 392 g/mol. The van der Waals surface area contributed by atoms with Gasteiger partial charge in [0.15, 0.2) is 16.6 Å². The molecule has 6 heteroatoms. The molecule has 3 rings (SSSR count). The van der Waals surface area contributed by atoms with Crippen LogP contribution in [0.5, 0.6) is 11.5 Å². The van der Waals surface area contributed by atoms with Crippen molar-refractivity contribution in [3.63, 3.8) is 0 Å². The van der Waals surface area contributed by atoms with Crippen molar-refractivity contribution in [2.75, 3.05) is 18.1 Å². The van der Waals surface area contributed by atoms with Crippen LogP contribution in [0.25, 0.3) is 6.08 Å². The number of nitrogens with one attached hydrogen (secondary N) is 1. The Bertz CT molecular complexity index is 992. The molecule has 0 radical (unpaired) electrons. The SMILES string of the molecule is C#CCOc1ccc(/C=C2\NC(=S)N(c3ccccc3C)C2=O)cc1OCC. The first-order chi connectivity index (χ1) is 13.5. The summed E-state index contributed by atoms with van der Waals surface area (Å²) in [6.45, 7) is 4.46. The molecule has 2 aromatic rings. The number of carbonyl (C=O) groups is 1. The lowest BCUT2D eigenvalue weighted by Crippen LogP contribution is -2.30. The third-order valence-corrected chi connectivity index (χ3v) is 4.41. The Balaban J connectivity index is 1.90. The molecular formula is C22H20N2O3S. The number of hydrogen-bond donors (Lipinski definition) is 1. The Morgan fingerprint density at radius 2 is 2.00 bits per heavy atom. The van der Waals surface area contributed by atoms with E-state index in [-0.39, 0.29) is 12.5 Å². The summed E-state index contributed by atoms with van der Waals surface area (Å²) in [6, 6.07) is 13.0. The molecule has 1 fully saturated rings. The van der Waals surface area contributed by atoms with Gasteiger partial charge in [-0.25, -0.2) is 0 Å². The highest BCUT2D eigenvalue weighted by molar-refractivity contribution is 7.80. The zero-order chi connectivity index (χ0) is 20.1. The van der Waals surface area contributed by atoms with Gasteiger partial charge in [0.2, 0.25) is 0 Å². The lowest BCUT2D eigenvalue weighted by Gasteiger charge is -2.16. The van der Waals surface area contributed by atoms with E-state index < -0.39 is 0 Å². The van der Waals surface area contributed by atoms with Crippen molar-refractivity contribution in [3.8, 4) is 23.8 Å². The van der Waals surface area contributed by atoms with E-state index >= 15 is 0 Å². The molecule has 5 nitrogen and oxygen atoms in total. The van der Waals surface area contributed by atoms with E-state index in [4.69, 9.17) is 28.1 Å². The van der Waals surface area contributed by atoms with Gasteiger partial charge in [-0.3, -0.25) is 9.69 Å². The van der Waals surface area contributed by atoms with Crippen LogP contribution in [-0.4, -0.2) is 24.2 Å². The molecule has 0 bridgehead atoms. The maximum Gasteiger partial charge on any atom is 0.281 e. The Hall–Kier alpha value is -3.30. The number of anilines is 1. The van der Waals surface area contributed by atoms with Gasteiger partial charge >= 0.3 is 0 Å². The summed E-state index contributed by atoms with van der Waals surface area (Å²) in [4.78, 5) is 14.4. The maximum absolute atomic E-state index is 12.9. The molecule has 1 saturated heterocycles. The van der Waals surface area contributed by atoms with E-state index in [9.17, 15) is 4.79 Å². The Morgan fingerprint density at radius 3 is 2.71 bits per heavy atom. The second-order valence-electron chi connectivity index (χ2n) is 6.05. The molecule has 28 heavy (non-hydrogen) atoms. The van der Waals surface area contributed by atoms with Crippen LogP contribution < -0.4 is 19.7 Å². The number of nitrogens with zero attached hydrogens (tertiary/aromatic N) is 1. The number of thiocarbonyl (C=S) groups is 1. The Morgan fingerprint density at radius 1 is 1.21 bits per heavy atom. The van der Waals surface area contributed by atoms with E-state index in [2.05, 4.69) is 11.2 Å². The molecule has 142 valence electrons. The minimum absolute atomic E-state index is 0.153. The fourth-order valence-electron chi connectivity index (χ4n) is 2.86. The normalized spacial score (nSPS) is 14.8. The zero-order valence-corrected chi connectivity index (χ0v) is 16.5. The van der Waals surface area contributed by atoms with Crippen LogP contribution in [0, 0.1) is 19.3 Å². The molecular weight excluding hydrogens is 372 g/mol. The third kappa shape index (κ3) is 4.00. The first-order valence-electron chi connectivity index (χ1n) is 8.81. The number of ether oxygens (including phenoxy) is 2. The number of aryl methyl sites for hydroxylation is 1. The Kier molecular flexibility index (Phi) is 5.97. The van der Waals surface area contributed by atoms with Gasteiger partial charge in [0.25, 0.3) is 5.91 Å². The van der Waals surface area contributed by atoms with Gasteiger partial charge in [0, 0.05) is 0 Å². The predicted octanol–water partition coefficient (Wildman–Crippen LogP) is 3.67. The number of rotatable bonds is 6. The second kappa shape index (κ2) is 8.59. The first kappa shape index (κ1) is 19.5. The summed E-state index contributed by atoms with van der Waals surface area (Å²) in [5.41, 5.74) is 2.91. The fraction of sp³-hybridized carbons (Fsp3) is 0.182. The number of amides is 1. The lowest BCUT2D eigenvalue weighted by atomic mass is 10.1. The maximum atomic E-state index is 12.9. The molecule has 0 atom stereocenters. The number of para-hydroxylation sites is 1. The van der Waals surface area contributed by atoms with Crippen molar-refractivity contribution in [3.05, 3.63) is 59.3 Å². The molecule has 0 spiro atoms. The summed E-state index contributed by atoms with van der Waals surface area (Å²) in [5, 5.41) is 3.35. The van der Waals surface area contributed by atoms with Crippen LogP contribution in [0.2, 0.25) is 0 Å². The predicted molar refractivity (Wildman–Crippen MR) is 114 cm³/mol. The minimum Gasteiger partial charge on any atom is -0.490 e. The number of benzene rings is 2. The molecule has 0 aromatic heterocycles. The Labute approximate surface area is 169 Å². The third-order valence-electron chi connectivity index (χ3n) is 4.12. The number of carbonyl (C=O) groups excluding carboxylic acids is 1. The van der Waals surface area contributed by atoms with E-state index in [1.54, 1.807) is 18.2 Å². The summed E-state index contributed by atoms with van der Waals surface area (Å²) in [7, 11) is 0. The molecule has 0 saturated carbocycles. The van der Waals surface area contributed by atoms with Crippen LogP contribution in [-0.2, 0) is 4.79 Å². The standard InChI is InChI=1S/C22H20N2O3S/c1-4-12-27-19-11-10-16(14-20(19)26-5-2)13-17-21(25)24(22(28)23-17)18-9-7-6-8-15(18)3/h1,6-11,13-14H,5,12H2,2-3H3,(H,23,28)/b17-13-. The van der Waals surface area contributed by atoms with Crippen molar-refractivity contribution in [2.24, 2.45) is 0 Å². The lowest BCUT2D eigenvalue weighted by molar-refractivity contribution is -0.113. The van der Waals surface area contributed by atoms with Crippen molar-refractivity contribution in [1.82, 2.24) is 5.32 Å². The molecule has 1 heterocycles. The summed E-state index contributed by atoms with van der Waals surface area (Å²) in [6.07, 6.45) is 6.99. The molecule has 1 aliphatic heterocycles. The fourth-order valence-corrected chi connectivity index (χ4v) is 3.15. The van der Waals surface area contributed by atoms with E-state index in [0.717, 1.165) is 16.8 Å². The van der Waals surface area contributed by atoms with Gasteiger partial charge in [-0.05, 0) is 61.5 Å². The summed E-state index contributed by atoms with van der Waals surface area (Å²) < 4.78 is 11.1. The number of hydrogen-bond acceptors (Lipinski definition) is 4. The van der Waals surface area contributed by atoms with E-state index in [1.165, 1.54) is 4.90 Å². The number of terminal acetylenes is 1. The van der Waals surface area contributed by atoms with Gasteiger partial charge < -0.3 is 14.8 Å². The molecule has 0 unspecified atom stereocenters. The van der Waals surface area contributed by atoms with Gasteiger partial charge in [-0.15, -0.1) is 6.42 Å². The second-order valence-corrected chi connectivity index (χ2v) is 6.43. The highest BCUT2D eigenvalue weighted by atomic mass is 32.1. The summed E-state index contributed by atoms with van der Waals surface area (Å²) >= 11 is 5.38. The van der Waals surface area contributed by atoms with Gasteiger partial charge in [-0.2, -0.15) is 0 Å². The molecule has 1 aliphatic rings. The van der Waals surface area contributed by atoms with Crippen molar-refractivity contribution >= 4 is 35.0 Å². The molecule has 2 aromatic carbocycles. The van der Waals surface area contributed by atoms with Crippen LogP contribution in [0.1, 0.15) is 18.1 Å². The van der Waals surface area contributed by atoms with Gasteiger partial charge in [0.05, 0.1) is 12.3 Å². The topological polar surface area (TPSA) is 50.8 Å². The molecule has 1 N–H and O–H groups in total. The van der Waals surface area contributed by atoms with Crippen molar-refractivity contribution in [1.29, 1.82) is 0 Å². The average Bonchev–Trinajstić information content (AvgIpc) is 2.95. The highest BCUT2D eigenvalue weighted by Crippen LogP contribution is 2.30. The largest absolute Gasteiger partial charge is 0.490 e. The van der Waals surface area contributed by atoms with Gasteiger partial charge in [0.1, 0.15) is 12.3 Å². The smallest absolute Gasteiger partial charge is 0.281 e. The van der Waals surface area contributed by atoms with Crippen LogP contribution in [0.15, 0.2) is 48.2 Å². The quantitative estimate of drug-likeness (QED) is 0.462. The summed E-state index contributed by atoms with van der Waals surface area (Å²) in [5.74, 6) is 3.35.